The van der Waals surface area contributed by atoms with Gasteiger partial charge in [-0.05, 0) is 50.2 Å². The summed E-state index contributed by atoms with van der Waals surface area (Å²) in [7, 11) is 1.85. The Bertz CT molecular complexity index is 623. The predicted molar refractivity (Wildman–Crippen MR) is 118 cm³/mol. The number of aryl methyl sites for hydroxylation is 1. The number of nitrogens with zero attached hydrogens (tertiary/aromatic N) is 2. The van der Waals surface area contributed by atoms with Gasteiger partial charge >= 0.3 is 0 Å². The molecule has 2 aliphatic rings. The molecule has 3 rings (SSSR count). The van der Waals surface area contributed by atoms with E-state index in [1.807, 2.05) is 7.05 Å². The zero-order valence-corrected chi connectivity index (χ0v) is 18.2. The highest BCUT2D eigenvalue weighted by atomic mass is 16.5. The molecular weight excluding hydrogens is 364 g/mol. The molecular formula is C23H38N4O2. The monoisotopic (exact) mass is 402 g/mol. The maximum atomic E-state index is 5.93. The molecule has 0 atom stereocenters. The van der Waals surface area contributed by atoms with E-state index in [2.05, 4.69) is 51.7 Å². The van der Waals surface area contributed by atoms with Crippen molar-refractivity contribution in [3.63, 3.8) is 0 Å². The minimum Gasteiger partial charge on any atom is -0.381 e. The van der Waals surface area contributed by atoms with E-state index in [0.717, 1.165) is 84.1 Å². The van der Waals surface area contributed by atoms with Crippen LogP contribution in [0.2, 0.25) is 0 Å². The predicted octanol–water partition coefficient (Wildman–Crippen LogP) is 2.71. The number of piperidine rings is 1. The number of guanidine groups is 1. The standard InChI is InChI=1S/C23H38N4O2/c1-19-6-3-4-7-20(19)18-27-13-8-21(9-14-27)26-23(24-2)25-12-5-15-29-22-10-16-28-17-11-22/h3-4,6-7,21-22H,5,8-18H2,1-2H3,(H2,24,25,26). The Labute approximate surface area is 176 Å². The molecule has 29 heavy (non-hydrogen) atoms. The number of aliphatic imine (C=N–C) groups is 1. The summed E-state index contributed by atoms with van der Waals surface area (Å²) in [6, 6.07) is 9.20. The van der Waals surface area contributed by atoms with Gasteiger partial charge in [0.1, 0.15) is 0 Å². The second kappa shape index (κ2) is 12.2. The molecule has 0 aliphatic carbocycles. The van der Waals surface area contributed by atoms with Crippen LogP contribution in [-0.2, 0) is 16.0 Å². The number of hydrogen-bond acceptors (Lipinski definition) is 4. The molecule has 0 amide bonds. The summed E-state index contributed by atoms with van der Waals surface area (Å²) < 4.78 is 11.3. The summed E-state index contributed by atoms with van der Waals surface area (Å²) in [6.45, 7) is 8.87. The van der Waals surface area contributed by atoms with Crippen molar-refractivity contribution >= 4 is 5.96 Å². The Kier molecular flexibility index (Phi) is 9.25. The molecule has 0 bridgehead atoms. The molecule has 2 N–H and O–H groups in total. The number of rotatable bonds is 8. The zero-order valence-electron chi connectivity index (χ0n) is 18.2. The van der Waals surface area contributed by atoms with Crippen LogP contribution in [0.5, 0.6) is 0 Å². The van der Waals surface area contributed by atoms with E-state index < -0.39 is 0 Å². The average molecular weight is 403 g/mol. The lowest BCUT2D eigenvalue weighted by Crippen LogP contribution is -2.48. The highest BCUT2D eigenvalue weighted by Gasteiger charge is 2.20. The molecule has 1 aromatic rings. The summed E-state index contributed by atoms with van der Waals surface area (Å²) in [6.07, 6.45) is 5.73. The fourth-order valence-corrected chi connectivity index (χ4v) is 4.02. The highest BCUT2D eigenvalue weighted by molar-refractivity contribution is 5.79. The van der Waals surface area contributed by atoms with Crippen LogP contribution in [0, 0.1) is 6.92 Å². The lowest BCUT2D eigenvalue weighted by atomic mass is 10.0. The molecule has 2 fully saturated rings. The molecule has 162 valence electrons. The van der Waals surface area contributed by atoms with Crippen molar-refractivity contribution < 1.29 is 9.47 Å². The van der Waals surface area contributed by atoms with Crippen LogP contribution in [0.4, 0.5) is 0 Å². The molecule has 0 saturated carbocycles. The first-order chi connectivity index (χ1) is 14.2. The van der Waals surface area contributed by atoms with Crippen LogP contribution in [0.1, 0.15) is 43.2 Å². The summed E-state index contributed by atoms with van der Waals surface area (Å²) in [5.74, 6) is 0.911. The Morgan fingerprint density at radius 2 is 1.93 bits per heavy atom. The van der Waals surface area contributed by atoms with Crippen molar-refractivity contribution in [2.75, 3.05) is 46.5 Å². The molecule has 0 aromatic heterocycles. The quantitative estimate of drug-likeness (QED) is 0.398. The van der Waals surface area contributed by atoms with Gasteiger partial charge in [-0.15, -0.1) is 0 Å². The van der Waals surface area contributed by atoms with Gasteiger partial charge in [-0.2, -0.15) is 0 Å². The van der Waals surface area contributed by atoms with Gasteiger partial charge in [0.05, 0.1) is 6.10 Å². The van der Waals surface area contributed by atoms with Crippen molar-refractivity contribution in [2.24, 2.45) is 4.99 Å². The van der Waals surface area contributed by atoms with Gasteiger partial charge in [-0.25, -0.2) is 0 Å². The molecule has 6 nitrogen and oxygen atoms in total. The Morgan fingerprint density at radius 1 is 1.17 bits per heavy atom. The molecule has 2 aliphatic heterocycles. The van der Waals surface area contributed by atoms with Crippen molar-refractivity contribution in [1.29, 1.82) is 0 Å². The van der Waals surface area contributed by atoms with Gasteiger partial charge in [-0.1, -0.05) is 24.3 Å². The van der Waals surface area contributed by atoms with Crippen molar-refractivity contribution in [1.82, 2.24) is 15.5 Å². The van der Waals surface area contributed by atoms with Crippen LogP contribution in [-0.4, -0.2) is 69.5 Å². The van der Waals surface area contributed by atoms with Crippen LogP contribution in [0.25, 0.3) is 0 Å². The summed E-state index contributed by atoms with van der Waals surface area (Å²) in [5, 5.41) is 7.03. The van der Waals surface area contributed by atoms with E-state index in [1.165, 1.54) is 11.1 Å². The highest BCUT2D eigenvalue weighted by Crippen LogP contribution is 2.16. The van der Waals surface area contributed by atoms with Gasteiger partial charge in [-0.3, -0.25) is 9.89 Å². The number of benzene rings is 1. The molecule has 2 heterocycles. The van der Waals surface area contributed by atoms with Crippen molar-refractivity contribution in [2.45, 2.75) is 57.7 Å². The molecule has 0 unspecified atom stereocenters. The summed E-state index contributed by atoms with van der Waals surface area (Å²) >= 11 is 0. The van der Waals surface area contributed by atoms with Gasteiger partial charge in [0, 0.05) is 59.1 Å². The summed E-state index contributed by atoms with van der Waals surface area (Å²) in [5.41, 5.74) is 2.83. The van der Waals surface area contributed by atoms with Crippen molar-refractivity contribution in [3.8, 4) is 0 Å². The Balaban J connectivity index is 1.28. The smallest absolute Gasteiger partial charge is 0.191 e. The second-order valence-electron chi connectivity index (χ2n) is 8.16. The second-order valence-corrected chi connectivity index (χ2v) is 8.16. The first kappa shape index (κ1) is 22.1. The van der Waals surface area contributed by atoms with Gasteiger partial charge < -0.3 is 20.1 Å². The molecule has 0 spiro atoms. The van der Waals surface area contributed by atoms with E-state index in [-0.39, 0.29) is 0 Å². The fourth-order valence-electron chi connectivity index (χ4n) is 4.02. The zero-order chi connectivity index (χ0) is 20.3. The van der Waals surface area contributed by atoms with E-state index in [1.54, 1.807) is 0 Å². The topological polar surface area (TPSA) is 58.1 Å². The SMILES string of the molecule is CN=C(NCCCOC1CCOCC1)NC1CCN(Cc2ccccc2C)CC1. The molecule has 6 heteroatoms. The minimum atomic E-state index is 0.381. The van der Waals surface area contributed by atoms with Crippen LogP contribution in [0.3, 0.4) is 0 Å². The van der Waals surface area contributed by atoms with Crippen LogP contribution >= 0.6 is 0 Å². The number of hydrogen-bond donors (Lipinski definition) is 2. The van der Waals surface area contributed by atoms with Gasteiger partial charge in [0.15, 0.2) is 5.96 Å². The Morgan fingerprint density at radius 3 is 2.66 bits per heavy atom. The third kappa shape index (κ3) is 7.61. The largest absolute Gasteiger partial charge is 0.381 e. The fraction of sp³-hybridized carbons (Fsp3) is 0.696. The van der Waals surface area contributed by atoms with E-state index in [0.29, 0.717) is 12.1 Å². The van der Waals surface area contributed by atoms with Crippen LogP contribution in [0.15, 0.2) is 29.3 Å². The summed E-state index contributed by atoms with van der Waals surface area (Å²) in [4.78, 5) is 6.95. The normalized spacial score (nSPS) is 20.0. The average Bonchev–Trinajstić information content (AvgIpc) is 2.76. The lowest BCUT2D eigenvalue weighted by Gasteiger charge is -2.33. The number of ether oxygens (including phenoxy) is 2. The third-order valence-electron chi connectivity index (χ3n) is 5.94. The number of likely N-dealkylation sites (tertiary alicyclic amines) is 1. The molecule has 2 saturated heterocycles. The van der Waals surface area contributed by atoms with Gasteiger partial charge in [0.2, 0.25) is 0 Å². The molecule has 0 radical (unpaired) electrons. The minimum absolute atomic E-state index is 0.381. The van der Waals surface area contributed by atoms with Crippen LogP contribution < -0.4 is 10.6 Å². The number of nitrogens with one attached hydrogen (secondary N) is 2. The van der Waals surface area contributed by atoms with E-state index in [9.17, 15) is 0 Å². The van der Waals surface area contributed by atoms with E-state index in [4.69, 9.17) is 9.47 Å². The van der Waals surface area contributed by atoms with Gasteiger partial charge in [0.25, 0.3) is 0 Å². The van der Waals surface area contributed by atoms with Crippen molar-refractivity contribution in [3.05, 3.63) is 35.4 Å². The maximum Gasteiger partial charge on any atom is 0.191 e. The Hall–Kier alpha value is -1.63. The first-order valence-electron chi connectivity index (χ1n) is 11.2. The first-order valence-corrected chi connectivity index (χ1v) is 11.2. The maximum absolute atomic E-state index is 5.93. The molecule has 1 aromatic carbocycles. The van der Waals surface area contributed by atoms with E-state index >= 15 is 0 Å². The lowest BCUT2D eigenvalue weighted by molar-refractivity contribution is -0.0320. The third-order valence-corrected chi connectivity index (χ3v) is 5.94.